The Labute approximate surface area is 186 Å². The molecule has 0 bridgehead atoms. The highest BCUT2D eigenvalue weighted by Gasteiger charge is 2.42. The van der Waals surface area contributed by atoms with Crippen LogP contribution in [0.5, 0.6) is 0 Å². The molecule has 2 aromatic carbocycles. The third kappa shape index (κ3) is 4.12. The number of hydrogen-bond acceptors (Lipinski definition) is 4. The summed E-state index contributed by atoms with van der Waals surface area (Å²) in [5, 5.41) is 0.842. The maximum absolute atomic E-state index is 13.5. The Kier molecular flexibility index (Phi) is 6.17. The van der Waals surface area contributed by atoms with Crippen LogP contribution < -0.4 is 5.43 Å². The van der Waals surface area contributed by atoms with E-state index in [1.807, 2.05) is 38.1 Å². The lowest BCUT2D eigenvalue weighted by Gasteiger charge is -2.25. The summed E-state index contributed by atoms with van der Waals surface area (Å²) < 4.78 is 11.6. The minimum Gasteiger partial charge on any atom is -0.450 e. The summed E-state index contributed by atoms with van der Waals surface area (Å²) in [5.41, 5.74) is 2.63. The van der Waals surface area contributed by atoms with Crippen molar-refractivity contribution in [2.45, 2.75) is 45.8 Å². The fraction of sp³-hybridized carbons (Fsp3) is 0.360. The lowest BCUT2D eigenvalue weighted by molar-refractivity contribution is 0.0593. The molecule has 3 aromatic rings. The van der Waals surface area contributed by atoms with Gasteiger partial charge in [0.15, 0.2) is 5.43 Å². The van der Waals surface area contributed by atoms with Gasteiger partial charge in [0.05, 0.1) is 23.1 Å². The Morgan fingerprint density at radius 2 is 1.87 bits per heavy atom. The number of hydrogen-bond donors (Lipinski definition) is 0. The zero-order valence-corrected chi connectivity index (χ0v) is 18.7. The van der Waals surface area contributed by atoms with Crippen LogP contribution in [0, 0.1) is 0 Å². The molecule has 1 aliphatic rings. The zero-order valence-electron chi connectivity index (χ0n) is 18.0. The molecule has 0 N–H and O–H groups in total. The van der Waals surface area contributed by atoms with E-state index in [1.54, 1.807) is 23.1 Å². The molecule has 0 aliphatic carbocycles. The number of fused-ring (bicyclic) bond motifs is 2. The Bertz CT molecular complexity index is 1170. The van der Waals surface area contributed by atoms with E-state index >= 15 is 0 Å². The monoisotopic (exact) mass is 439 g/mol. The number of halogens is 1. The molecule has 0 fully saturated rings. The molecule has 2 heterocycles. The second-order valence-electron chi connectivity index (χ2n) is 8.08. The number of carbonyl (C=O) groups is 1. The summed E-state index contributed by atoms with van der Waals surface area (Å²) in [6, 6.07) is 12.5. The molecule has 0 saturated heterocycles. The molecule has 1 unspecified atom stereocenters. The number of amides is 1. The quantitative estimate of drug-likeness (QED) is 0.464. The first-order valence-corrected chi connectivity index (χ1v) is 11.1. The molecule has 1 atom stereocenters. The molecule has 0 saturated carbocycles. The van der Waals surface area contributed by atoms with Crippen LogP contribution in [-0.4, -0.2) is 30.1 Å². The minimum absolute atomic E-state index is 0.120. The van der Waals surface area contributed by atoms with Crippen LogP contribution >= 0.6 is 11.6 Å². The SMILES string of the molecule is CCc1ccc(C2c3c(oc4ccc(Cl)cc4c3=O)C(=O)N2CCCOC(C)C)cc1. The van der Waals surface area contributed by atoms with Gasteiger partial charge in [-0.3, -0.25) is 9.59 Å². The highest BCUT2D eigenvalue weighted by Crippen LogP contribution is 2.38. The Morgan fingerprint density at radius 3 is 2.55 bits per heavy atom. The smallest absolute Gasteiger partial charge is 0.290 e. The van der Waals surface area contributed by atoms with Gasteiger partial charge in [-0.1, -0.05) is 42.8 Å². The first kappa shape index (κ1) is 21.6. The van der Waals surface area contributed by atoms with Gasteiger partial charge < -0.3 is 14.1 Å². The zero-order chi connectivity index (χ0) is 22.1. The molecule has 6 heteroatoms. The fourth-order valence-electron chi connectivity index (χ4n) is 4.06. The molecule has 0 radical (unpaired) electrons. The molecule has 1 aromatic heterocycles. The van der Waals surface area contributed by atoms with Gasteiger partial charge in [-0.25, -0.2) is 0 Å². The van der Waals surface area contributed by atoms with E-state index in [-0.39, 0.29) is 23.2 Å². The second kappa shape index (κ2) is 8.85. The number of rotatable bonds is 7. The van der Waals surface area contributed by atoms with Gasteiger partial charge in [0.1, 0.15) is 5.58 Å². The van der Waals surface area contributed by atoms with Gasteiger partial charge >= 0.3 is 0 Å². The second-order valence-corrected chi connectivity index (χ2v) is 8.52. The van der Waals surface area contributed by atoms with Crippen molar-refractivity contribution >= 4 is 28.5 Å². The molecule has 4 rings (SSSR count). The molecular formula is C25H26ClNO4. The average molecular weight is 440 g/mol. The number of aryl methyl sites for hydroxylation is 1. The lowest BCUT2D eigenvalue weighted by atomic mass is 9.97. The first-order valence-electron chi connectivity index (χ1n) is 10.7. The van der Waals surface area contributed by atoms with Gasteiger partial charge in [0.25, 0.3) is 5.91 Å². The predicted molar refractivity (Wildman–Crippen MR) is 122 cm³/mol. The van der Waals surface area contributed by atoms with Gasteiger partial charge in [-0.2, -0.15) is 0 Å². The van der Waals surface area contributed by atoms with Crippen molar-refractivity contribution in [1.82, 2.24) is 4.90 Å². The van der Waals surface area contributed by atoms with E-state index < -0.39 is 6.04 Å². The largest absolute Gasteiger partial charge is 0.450 e. The topological polar surface area (TPSA) is 59.8 Å². The van der Waals surface area contributed by atoms with Gasteiger partial charge in [-0.15, -0.1) is 0 Å². The highest BCUT2D eigenvalue weighted by atomic mass is 35.5. The van der Waals surface area contributed by atoms with Crippen LogP contribution in [0.1, 0.15) is 60.5 Å². The summed E-state index contributed by atoms with van der Waals surface area (Å²) in [7, 11) is 0. The van der Waals surface area contributed by atoms with E-state index in [0.717, 1.165) is 12.0 Å². The summed E-state index contributed by atoms with van der Waals surface area (Å²) in [5.74, 6) is -0.146. The maximum Gasteiger partial charge on any atom is 0.290 e. The minimum atomic E-state index is -0.493. The lowest BCUT2D eigenvalue weighted by Crippen LogP contribution is -2.31. The summed E-state index contributed by atoms with van der Waals surface area (Å²) in [6.07, 6.45) is 1.71. The standard InChI is InChI=1S/C25H26ClNO4/c1-4-16-6-8-17(9-7-16)22-21-23(28)19-14-18(26)10-11-20(19)31-24(21)25(29)27(22)12-5-13-30-15(2)3/h6-11,14-15,22H,4-5,12-13H2,1-3H3. The van der Waals surface area contributed by atoms with Crippen LogP contribution in [0.25, 0.3) is 11.0 Å². The molecule has 162 valence electrons. The van der Waals surface area contributed by atoms with E-state index in [4.69, 9.17) is 20.8 Å². The molecule has 1 aliphatic heterocycles. The summed E-state index contributed by atoms with van der Waals surface area (Å²) in [6.45, 7) is 7.06. The predicted octanol–water partition coefficient (Wildman–Crippen LogP) is 5.37. The van der Waals surface area contributed by atoms with Crippen molar-refractivity contribution in [3.8, 4) is 0 Å². The van der Waals surface area contributed by atoms with Crippen LogP contribution in [0.3, 0.4) is 0 Å². The summed E-state index contributed by atoms with van der Waals surface area (Å²) in [4.78, 5) is 28.5. The third-order valence-corrected chi connectivity index (χ3v) is 5.86. The number of ether oxygens (including phenoxy) is 1. The highest BCUT2D eigenvalue weighted by molar-refractivity contribution is 6.31. The molecule has 5 nitrogen and oxygen atoms in total. The Balaban J connectivity index is 1.81. The van der Waals surface area contributed by atoms with Crippen molar-refractivity contribution in [1.29, 1.82) is 0 Å². The van der Waals surface area contributed by atoms with Gasteiger partial charge in [0.2, 0.25) is 5.76 Å². The summed E-state index contributed by atoms with van der Waals surface area (Å²) >= 11 is 6.12. The van der Waals surface area contributed by atoms with Crippen molar-refractivity contribution in [3.63, 3.8) is 0 Å². The van der Waals surface area contributed by atoms with E-state index in [2.05, 4.69) is 6.92 Å². The van der Waals surface area contributed by atoms with Gasteiger partial charge in [0, 0.05) is 18.2 Å². The fourth-order valence-corrected chi connectivity index (χ4v) is 4.23. The third-order valence-electron chi connectivity index (χ3n) is 5.63. The van der Waals surface area contributed by atoms with Crippen molar-refractivity contribution in [2.24, 2.45) is 0 Å². The van der Waals surface area contributed by atoms with E-state index in [9.17, 15) is 9.59 Å². The van der Waals surface area contributed by atoms with Crippen LogP contribution in [0.15, 0.2) is 51.7 Å². The Hall–Kier alpha value is -2.63. The number of benzene rings is 2. The van der Waals surface area contributed by atoms with Gasteiger partial charge in [-0.05, 0) is 56.0 Å². The normalized spacial score (nSPS) is 15.8. The van der Waals surface area contributed by atoms with Crippen molar-refractivity contribution in [3.05, 3.63) is 80.2 Å². The van der Waals surface area contributed by atoms with E-state index in [0.29, 0.717) is 41.1 Å². The molecule has 0 spiro atoms. The first-order chi connectivity index (χ1) is 14.9. The molecule has 31 heavy (non-hydrogen) atoms. The van der Waals surface area contributed by atoms with Crippen LogP contribution in [0.4, 0.5) is 0 Å². The average Bonchev–Trinajstić information content (AvgIpc) is 3.04. The van der Waals surface area contributed by atoms with E-state index in [1.165, 1.54) is 5.56 Å². The number of carbonyl (C=O) groups excluding carboxylic acids is 1. The maximum atomic E-state index is 13.5. The molecular weight excluding hydrogens is 414 g/mol. The van der Waals surface area contributed by atoms with Crippen molar-refractivity contribution in [2.75, 3.05) is 13.2 Å². The van der Waals surface area contributed by atoms with Crippen LogP contribution in [-0.2, 0) is 11.2 Å². The molecule has 1 amide bonds. The number of nitrogens with zero attached hydrogens (tertiary/aromatic N) is 1. The Morgan fingerprint density at radius 1 is 1.13 bits per heavy atom. The van der Waals surface area contributed by atoms with Crippen molar-refractivity contribution < 1.29 is 13.9 Å². The van der Waals surface area contributed by atoms with Crippen LogP contribution in [0.2, 0.25) is 5.02 Å².